The predicted octanol–water partition coefficient (Wildman–Crippen LogP) is 2.75. The molecule has 2 atom stereocenters. The molecule has 2 unspecified atom stereocenters. The second-order valence-corrected chi connectivity index (χ2v) is 5.48. The number of amides is 1. The van der Waals surface area contributed by atoms with E-state index in [0.717, 1.165) is 17.9 Å². The molecule has 20 heavy (non-hydrogen) atoms. The van der Waals surface area contributed by atoms with E-state index in [1.165, 1.54) is 5.56 Å². The molecule has 0 aliphatic heterocycles. The summed E-state index contributed by atoms with van der Waals surface area (Å²) in [5, 5.41) is 3.93. The summed E-state index contributed by atoms with van der Waals surface area (Å²) < 4.78 is 5.02. The van der Waals surface area contributed by atoms with Gasteiger partial charge in [-0.05, 0) is 24.8 Å². The molecule has 1 aliphatic carbocycles. The van der Waals surface area contributed by atoms with Gasteiger partial charge in [-0.25, -0.2) is 0 Å². The topological polar surface area (TPSA) is 46.3 Å². The predicted molar refractivity (Wildman–Crippen MR) is 75.0 cm³/mol. The van der Waals surface area contributed by atoms with E-state index in [9.17, 15) is 4.79 Å². The fourth-order valence-corrected chi connectivity index (χ4v) is 2.63. The van der Waals surface area contributed by atoms with Crippen LogP contribution < -0.4 is 0 Å². The zero-order valence-corrected chi connectivity index (χ0v) is 11.7. The highest BCUT2D eigenvalue weighted by atomic mass is 16.5. The minimum absolute atomic E-state index is 0.121. The fourth-order valence-electron chi connectivity index (χ4n) is 2.63. The Labute approximate surface area is 118 Å². The fraction of sp³-hybridized carbons (Fsp3) is 0.375. The molecule has 0 N–H and O–H groups in total. The van der Waals surface area contributed by atoms with E-state index in [1.807, 2.05) is 38.2 Å². The summed E-state index contributed by atoms with van der Waals surface area (Å²) in [6, 6.07) is 12.1. The van der Waals surface area contributed by atoms with Crippen LogP contribution in [-0.2, 0) is 11.3 Å². The largest absolute Gasteiger partial charge is 0.361 e. The number of aryl methyl sites for hydroxylation is 1. The van der Waals surface area contributed by atoms with Gasteiger partial charge in [0.25, 0.3) is 0 Å². The Balaban J connectivity index is 1.60. The minimum Gasteiger partial charge on any atom is -0.361 e. The molecule has 0 radical (unpaired) electrons. The lowest BCUT2D eigenvalue weighted by Gasteiger charge is -2.15. The molecule has 104 valence electrons. The zero-order chi connectivity index (χ0) is 14.1. The lowest BCUT2D eigenvalue weighted by atomic mass is 10.1. The molecule has 0 spiro atoms. The molecule has 1 aromatic carbocycles. The maximum atomic E-state index is 12.4. The number of rotatable bonds is 4. The summed E-state index contributed by atoms with van der Waals surface area (Å²) >= 11 is 0. The van der Waals surface area contributed by atoms with Crippen molar-refractivity contribution in [1.82, 2.24) is 10.1 Å². The molecule has 1 fully saturated rings. The average Bonchev–Trinajstić information content (AvgIpc) is 3.16. The Morgan fingerprint density at radius 2 is 2.15 bits per heavy atom. The van der Waals surface area contributed by atoms with Crippen molar-refractivity contribution in [1.29, 1.82) is 0 Å². The van der Waals surface area contributed by atoms with Crippen LogP contribution in [0.25, 0.3) is 0 Å². The van der Waals surface area contributed by atoms with E-state index in [0.29, 0.717) is 12.5 Å². The van der Waals surface area contributed by atoms with Gasteiger partial charge in [-0.1, -0.05) is 35.5 Å². The van der Waals surface area contributed by atoms with Crippen molar-refractivity contribution in [3.8, 4) is 0 Å². The summed E-state index contributed by atoms with van der Waals surface area (Å²) in [7, 11) is 1.83. The quantitative estimate of drug-likeness (QED) is 0.858. The molecule has 1 aromatic heterocycles. The van der Waals surface area contributed by atoms with Crippen LogP contribution in [0.2, 0.25) is 0 Å². The van der Waals surface area contributed by atoms with Crippen LogP contribution >= 0.6 is 0 Å². The maximum absolute atomic E-state index is 12.4. The first kappa shape index (κ1) is 12.9. The van der Waals surface area contributed by atoms with Gasteiger partial charge in [0.15, 0.2) is 0 Å². The van der Waals surface area contributed by atoms with Crippen molar-refractivity contribution in [3.05, 3.63) is 53.4 Å². The molecule has 4 heteroatoms. The number of carbonyl (C=O) groups is 1. The highest BCUT2D eigenvalue weighted by molar-refractivity contribution is 5.82. The Kier molecular flexibility index (Phi) is 3.30. The molecule has 2 aromatic rings. The van der Waals surface area contributed by atoms with Crippen LogP contribution in [0.15, 0.2) is 40.9 Å². The van der Waals surface area contributed by atoms with Crippen molar-refractivity contribution < 1.29 is 9.32 Å². The smallest absolute Gasteiger partial charge is 0.226 e. The molecular weight excluding hydrogens is 252 g/mol. The van der Waals surface area contributed by atoms with Crippen molar-refractivity contribution in [2.24, 2.45) is 5.92 Å². The second kappa shape index (κ2) is 5.12. The zero-order valence-electron chi connectivity index (χ0n) is 11.7. The highest BCUT2D eigenvalue weighted by Crippen LogP contribution is 2.48. The standard InChI is InChI=1S/C16H18N2O2/c1-11-8-13(17-20-11)10-18(2)16(19)15-9-14(15)12-6-4-3-5-7-12/h3-8,14-15H,9-10H2,1-2H3. The van der Waals surface area contributed by atoms with Crippen molar-refractivity contribution in [2.45, 2.75) is 25.8 Å². The van der Waals surface area contributed by atoms with Gasteiger partial charge in [0.05, 0.1) is 6.54 Å². The summed E-state index contributed by atoms with van der Waals surface area (Å²) in [5.74, 6) is 1.47. The van der Waals surface area contributed by atoms with Crippen LogP contribution in [-0.4, -0.2) is 23.0 Å². The number of carbonyl (C=O) groups excluding carboxylic acids is 1. The van der Waals surface area contributed by atoms with Gasteiger partial charge in [-0.15, -0.1) is 0 Å². The first-order valence-corrected chi connectivity index (χ1v) is 6.87. The summed E-state index contributed by atoms with van der Waals surface area (Å²) in [4.78, 5) is 14.1. The van der Waals surface area contributed by atoms with Gasteiger partial charge in [-0.2, -0.15) is 0 Å². The molecule has 1 saturated carbocycles. The minimum atomic E-state index is 0.121. The van der Waals surface area contributed by atoms with Crippen LogP contribution in [0.4, 0.5) is 0 Å². The van der Waals surface area contributed by atoms with Crippen LogP contribution in [0.3, 0.4) is 0 Å². The van der Waals surface area contributed by atoms with E-state index < -0.39 is 0 Å². The van der Waals surface area contributed by atoms with E-state index >= 15 is 0 Å². The molecule has 4 nitrogen and oxygen atoms in total. The van der Waals surface area contributed by atoms with Gasteiger partial charge in [-0.3, -0.25) is 4.79 Å². The molecule has 0 bridgehead atoms. The Morgan fingerprint density at radius 1 is 1.40 bits per heavy atom. The Morgan fingerprint density at radius 3 is 2.80 bits per heavy atom. The number of benzene rings is 1. The van der Waals surface area contributed by atoms with Crippen molar-refractivity contribution in [3.63, 3.8) is 0 Å². The number of hydrogen-bond donors (Lipinski definition) is 0. The average molecular weight is 270 g/mol. The second-order valence-electron chi connectivity index (χ2n) is 5.48. The van der Waals surface area contributed by atoms with Gasteiger partial charge >= 0.3 is 0 Å². The molecular formula is C16H18N2O2. The van der Waals surface area contributed by atoms with E-state index in [-0.39, 0.29) is 11.8 Å². The van der Waals surface area contributed by atoms with E-state index in [1.54, 1.807) is 4.90 Å². The van der Waals surface area contributed by atoms with Crippen molar-refractivity contribution >= 4 is 5.91 Å². The van der Waals surface area contributed by atoms with E-state index in [4.69, 9.17) is 4.52 Å². The van der Waals surface area contributed by atoms with Gasteiger partial charge < -0.3 is 9.42 Å². The first-order chi connectivity index (χ1) is 9.65. The Hall–Kier alpha value is -2.10. The third kappa shape index (κ3) is 2.59. The molecule has 3 rings (SSSR count). The lowest BCUT2D eigenvalue weighted by Crippen LogP contribution is -2.28. The number of aromatic nitrogens is 1. The van der Waals surface area contributed by atoms with Gasteiger partial charge in [0.2, 0.25) is 5.91 Å². The molecule has 1 heterocycles. The summed E-state index contributed by atoms with van der Waals surface area (Å²) in [6.45, 7) is 2.36. The molecule has 1 aliphatic rings. The number of nitrogens with zero attached hydrogens (tertiary/aromatic N) is 2. The number of hydrogen-bond acceptors (Lipinski definition) is 3. The molecule has 1 amide bonds. The third-order valence-electron chi connectivity index (χ3n) is 3.79. The normalized spacial score (nSPS) is 20.7. The highest BCUT2D eigenvalue weighted by Gasteiger charge is 2.45. The Bertz CT molecular complexity index is 606. The SMILES string of the molecule is Cc1cc(CN(C)C(=O)C2CC2c2ccccc2)no1. The van der Waals surface area contributed by atoms with Gasteiger partial charge in [0.1, 0.15) is 11.5 Å². The van der Waals surface area contributed by atoms with Gasteiger partial charge in [0, 0.05) is 19.0 Å². The van der Waals surface area contributed by atoms with Crippen molar-refractivity contribution in [2.75, 3.05) is 7.05 Å². The summed E-state index contributed by atoms with van der Waals surface area (Å²) in [5.41, 5.74) is 2.06. The third-order valence-corrected chi connectivity index (χ3v) is 3.79. The van der Waals surface area contributed by atoms with Crippen LogP contribution in [0.1, 0.15) is 29.4 Å². The molecule has 0 saturated heterocycles. The first-order valence-electron chi connectivity index (χ1n) is 6.87. The lowest BCUT2D eigenvalue weighted by molar-refractivity contribution is -0.131. The monoisotopic (exact) mass is 270 g/mol. The van der Waals surface area contributed by atoms with Crippen LogP contribution in [0.5, 0.6) is 0 Å². The van der Waals surface area contributed by atoms with Crippen LogP contribution in [0, 0.1) is 12.8 Å². The summed E-state index contributed by atoms with van der Waals surface area (Å²) in [6.07, 6.45) is 0.949. The van der Waals surface area contributed by atoms with E-state index in [2.05, 4.69) is 17.3 Å². The maximum Gasteiger partial charge on any atom is 0.226 e.